The normalized spacial score (nSPS) is 12.1. The van der Waals surface area contributed by atoms with Crippen LogP contribution in [0.5, 0.6) is 5.75 Å². The molecule has 0 amide bonds. The molecular formula is C13H18N2O5. The Morgan fingerprint density at radius 3 is 2.45 bits per heavy atom. The maximum absolute atomic E-state index is 11.3. The van der Waals surface area contributed by atoms with E-state index in [1.54, 1.807) is 19.9 Å². The molecule has 110 valence electrons. The standard InChI is InChI=1S/C13H18N2O5/c1-8(2)20-11-7-5-6-10(12(11)15(18)19)14(4)9(3)13(16)17/h5-9H,1-4H3,(H,16,17). The van der Waals surface area contributed by atoms with Gasteiger partial charge in [0.25, 0.3) is 0 Å². The molecule has 7 heteroatoms. The van der Waals surface area contributed by atoms with Gasteiger partial charge in [0.15, 0.2) is 5.75 Å². The lowest BCUT2D eigenvalue weighted by molar-refractivity contribution is -0.385. The Kier molecular flexibility index (Phi) is 4.90. The molecule has 0 spiro atoms. The van der Waals surface area contributed by atoms with E-state index in [0.717, 1.165) is 0 Å². The van der Waals surface area contributed by atoms with Crippen molar-refractivity contribution in [3.05, 3.63) is 28.3 Å². The second-order valence-corrected chi connectivity index (χ2v) is 4.67. The van der Waals surface area contributed by atoms with Crippen LogP contribution >= 0.6 is 0 Å². The highest BCUT2D eigenvalue weighted by Gasteiger charge is 2.28. The summed E-state index contributed by atoms with van der Waals surface area (Å²) < 4.78 is 5.42. The number of carboxylic acids is 1. The number of nitro groups is 1. The van der Waals surface area contributed by atoms with Crippen molar-refractivity contribution < 1.29 is 19.6 Å². The number of ether oxygens (including phenoxy) is 1. The highest BCUT2D eigenvalue weighted by Crippen LogP contribution is 2.37. The number of rotatable bonds is 6. The van der Waals surface area contributed by atoms with Crippen molar-refractivity contribution in [1.29, 1.82) is 0 Å². The van der Waals surface area contributed by atoms with Gasteiger partial charge in [-0.2, -0.15) is 0 Å². The zero-order chi connectivity index (χ0) is 15.4. The topological polar surface area (TPSA) is 92.9 Å². The molecule has 1 rings (SSSR count). The molecule has 0 radical (unpaired) electrons. The van der Waals surface area contributed by atoms with Crippen molar-refractivity contribution in [2.24, 2.45) is 0 Å². The van der Waals surface area contributed by atoms with Gasteiger partial charge in [0.1, 0.15) is 11.7 Å². The van der Waals surface area contributed by atoms with Crippen molar-refractivity contribution in [3.63, 3.8) is 0 Å². The lowest BCUT2D eigenvalue weighted by atomic mass is 10.2. The van der Waals surface area contributed by atoms with Gasteiger partial charge in [-0.25, -0.2) is 4.79 Å². The van der Waals surface area contributed by atoms with E-state index in [0.29, 0.717) is 0 Å². The van der Waals surface area contributed by atoms with E-state index in [1.807, 2.05) is 0 Å². The van der Waals surface area contributed by atoms with Gasteiger partial charge >= 0.3 is 11.7 Å². The Labute approximate surface area is 116 Å². The second-order valence-electron chi connectivity index (χ2n) is 4.67. The van der Waals surface area contributed by atoms with Crippen LogP contribution in [0.3, 0.4) is 0 Å². The number of aliphatic carboxylic acids is 1. The molecule has 0 aliphatic heterocycles. The van der Waals surface area contributed by atoms with Gasteiger partial charge in [0.05, 0.1) is 11.0 Å². The molecule has 20 heavy (non-hydrogen) atoms. The van der Waals surface area contributed by atoms with Crippen LogP contribution in [0.15, 0.2) is 18.2 Å². The van der Waals surface area contributed by atoms with Crippen LogP contribution in [0.2, 0.25) is 0 Å². The minimum absolute atomic E-state index is 0.131. The zero-order valence-corrected chi connectivity index (χ0v) is 11.9. The van der Waals surface area contributed by atoms with Crippen LogP contribution in [0.4, 0.5) is 11.4 Å². The van der Waals surface area contributed by atoms with Crippen molar-refractivity contribution in [3.8, 4) is 5.75 Å². The lowest BCUT2D eigenvalue weighted by Crippen LogP contribution is -2.36. The van der Waals surface area contributed by atoms with E-state index in [2.05, 4.69) is 0 Å². The van der Waals surface area contributed by atoms with Crippen LogP contribution in [0.1, 0.15) is 20.8 Å². The fourth-order valence-corrected chi connectivity index (χ4v) is 1.70. The molecule has 0 aliphatic rings. The van der Waals surface area contributed by atoms with E-state index in [-0.39, 0.29) is 23.2 Å². The summed E-state index contributed by atoms with van der Waals surface area (Å²) in [6, 6.07) is 3.72. The molecule has 1 aromatic rings. The van der Waals surface area contributed by atoms with Crippen LogP contribution in [0, 0.1) is 10.1 Å². The highest BCUT2D eigenvalue weighted by molar-refractivity contribution is 5.80. The Balaban J connectivity index is 3.32. The third-order valence-corrected chi connectivity index (χ3v) is 2.84. The van der Waals surface area contributed by atoms with E-state index in [9.17, 15) is 14.9 Å². The molecular weight excluding hydrogens is 264 g/mol. The maximum Gasteiger partial charge on any atom is 0.333 e. The third-order valence-electron chi connectivity index (χ3n) is 2.84. The summed E-state index contributed by atoms with van der Waals surface area (Å²) in [7, 11) is 1.50. The largest absolute Gasteiger partial charge is 0.484 e. The first kappa shape index (κ1) is 15.7. The third kappa shape index (κ3) is 3.37. The van der Waals surface area contributed by atoms with Gasteiger partial charge in [-0.05, 0) is 32.9 Å². The molecule has 0 fully saturated rings. The monoisotopic (exact) mass is 282 g/mol. The van der Waals surface area contributed by atoms with Gasteiger partial charge in [0.2, 0.25) is 0 Å². The SMILES string of the molecule is CC(C)Oc1cccc(N(C)C(C)C(=O)O)c1[N+](=O)[O-]. The van der Waals surface area contributed by atoms with Gasteiger partial charge in [-0.3, -0.25) is 10.1 Å². The summed E-state index contributed by atoms with van der Waals surface area (Å²) in [5.41, 5.74) is -0.0140. The second kappa shape index (κ2) is 6.23. The van der Waals surface area contributed by atoms with Crippen LogP contribution in [-0.2, 0) is 4.79 Å². The molecule has 0 saturated carbocycles. The highest BCUT2D eigenvalue weighted by atomic mass is 16.6. The number of likely N-dealkylation sites (N-methyl/N-ethyl adjacent to an activating group) is 1. The van der Waals surface area contributed by atoms with E-state index in [4.69, 9.17) is 9.84 Å². The molecule has 1 aromatic carbocycles. The Bertz CT molecular complexity index is 515. The molecule has 0 bridgehead atoms. The molecule has 7 nitrogen and oxygen atoms in total. The number of carbonyl (C=O) groups is 1. The average Bonchev–Trinajstić information content (AvgIpc) is 2.35. The molecule has 1 unspecified atom stereocenters. The number of nitrogens with zero attached hydrogens (tertiary/aromatic N) is 2. The molecule has 0 aromatic heterocycles. The summed E-state index contributed by atoms with van der Waals surface area (Å²) in [5.74, 6) is -0.927. The number of hydrogen-bond acceptors (Lipinski definition) is 5. The van der Waals surface area contributed by atoms with Crippen molar-refractivity contribution in [2.75, 3.05) is 11.9 Å². The number of para-hydroxylation sites is 1. The Morgan fingerprint density at radius 1 is 1.40 bits per heavy atom. The zero-order valence-electron chi connectivity index (χ0n) is 11.9. The summed E-state index contributed by atoms with van der Waals surface area (Å²) >= 11 is 0. The van der Waals surface area contributed by atoms with Gasteiger partial charge in [0, 0.05) is 7.05 Å². The number of nitro benzene ring substituents is 1. The van der Waals surface area contributed by atoms with Gasteiger partial charge in [-0.15, -0.1) is 0 Å². The lowest BCUT2D eigenvalue weighted by Gasteiger charge is -2.24. The Morgan fingerprint density at radius 2 is 2.00 bits per heavy atom. The first-order valence-electron chi connectivity index (χ1n) is 6.15. The van der Waals surface area contributed by atoms with E-state index >= 15 is 0 Å². The van der Waals surface area contributed by atoms with Crippen molar-refractivity contribution in [1.82, 2.24) is 0 Å². The number of carboxylic acid groups (broad SMARTS) is 1. The molecule has 0 heterocycles. The quantitative estimate of drug-likeness (QED) is 0.635. The minimum Gasteiger partial charge on any atom is -0.484 e. The number of anilines is 1. The first-order valence-corrected chi connectivity index (χ1v) is 6.15. The van der Waals surface area contributed by atoms with E-state index in [1.165, 1.54) is 31.0 Å². The summed E-state index contributed by atoms with van der Waals surface area (Å²) in [6.45, 7) is 4.99. The fourth-order valence-electron chi connectivity index (χ4n) is 1.70. The summed E-state index contributed by atoms with van der Waals surface area (Å²) in [4.78, 5) is 23.1. The van der Waals surface area contributed by atoms with Gasteiger partial charge < -0.3 is 14.7 Å². The van der Waals surface area contributed by atoms with Crippen LogP contribution < -0.4 is 9.64 Å². The average molecular weight is 282 g/mol. The summed E-state index contributed by atoms with van der Waals surface area (Å²) in [5, 5.41) is 20.3. The predicted molar refractivity (Wildman–Crippen MR) is 74.4 cm³/mol. The first-order chi connectivity index (χ1) is 9.25. The molecule has 1 N–H and O–H groups in total. The summed E-state index contributed by atoms with van der Waals surface area (Å²) in [6.07, 6.45) is -0.217. The maximum atomic E-state index is 11.3. The van der Waals surface area contributed by atoms with Crippen molar-refractivity contribution >= 4 is 17.3 Å². The molecule has 0 saturated heterocycles. The number of hydrogen-bond donors (Lipinski definition) is 1. The predicted octanol–water partition coefficient (Wildman–Crippen LogP) is 2.29. The number of benzene rings is 1. The fraction of sp³-hybridized carbons (Fsp3) is 0.462. The smallest absolute Gasteiger partial charge is 0.333 e. The molecule has 0 aliphatic carbocycles. The minimum atomic E-state index is -1.06. The van der Waals surface area contributed by atoms with E-state index < -0.39 is 16.9 Å². The van der Waals surface area contributed by atoms with Crippen molar-refractivity contribution in [2.45, 2.75) is 32.9 Å². The molecule has 1 atom stereocenters. The van der Waals surface area contributed by atoms with Crippen LogP contribution in [-0.4, -0.2) is 35.2 Å². The van der Waals surface area contributed by atoms with Crippen LogP contribution in [0.25, 0.3) is 0 Å². The van der Waals surface area contributed by atoms with Gasteiger partial charge in [-0.1, -0.05) is 6.07 Å². The Hall–Kier alpha value is -2.31.